The van der Waals surface area contributed by atoms with Gasteiger partial charge in [0, 0.05) is 0 Å². The monoisotopic (exact) mass is 246 g/mol. The Morgan fingerprint density at radius 2 is 1.72 bits per heavy atom. The van der Waals surface area contributed by atoms with Crippen LogP contribution in [0.1, 0.15) is 10.4 Å². The SMILES string of the molecule is NC(=O)c1c(F)cccc1Oc1ccccc1N. The van der Waals surface area contributed by atoms with E-state index in [0.717, 1.165) is 6.07 Å². The van der Waals surface area contributed by atoms with Gasteiger partial charge in [0.1, 0.15) is 22.9 Å². The topological polar surface area (TPSA) is 78.3 Å². The summed E-state index contributed by atoms with van der Waals surface area (Å²) >= 11 is 0. The van der Waals surface area contributed by atoms with E-state index in [4.69, 9.17) is 16.2 Å². The van der Waals surface area contributed by atoms with Gasteiger partial charge in [-0.25, -0.2) is 4.39 Å². The molecule has 0 atom stereocenters. The molecule has 1 amide bonds. The van der Waals surface area contributed by atoms with E-state index in [9.17, 15) is 9.18 Å². The first-order valence-electron chi connectivity index (χ1n) is 5.20. The van der Waals surface area contributed by atoms with Crippen molar-refractivity contribution in [2.75, 3.05) is 5.73 Å². The second-order valence-electron chi connectivity index (χ2n) is 3.62. The highest BCUT2D eigenvalue weighted by Gasteiger charge is 2.16. The molecule has 0 heterocycles. The lowest BCUT2D eigenvalue weighted by molar-refractivity contribution is 0.0994. The van der Waals surface area contributed by atoms with Crippen LogP contribution in [-0.4, -0.2) is 5.91 Å². The van der Waals surface area contributed by atoms with Gasteiger partial charge in [0.05, 0.1) is 5.69 Å². The molecule has 0 fully saturated rings. The summed E-state index contributed by atoms with van der Waals surface area (Å²) in [7, 11) is 0. The summed E-state index contributed by atoms with van der Waals surface area (Å²) in [5.41, 5.74) is 10.9. The van der Waals surface area contributed by atoms with Crippen LogP contribution in [0, 0.1) is 5.82 Å². The second kappa shape index (κ2) is 4.75. The molecule has 0 saturated carbocycles. The number of rotatable bonds is 3. The fraction of sp³-hybridized carbons (Fsp3) is 0. The van der Waals surface area contributed by atoms with Crippen molar-refractivity contribution in [2.45, 2.75) is 0 Å². The number of ether oxygens (including phenoxy) is 1. The van der Waals surface area contributed by atoms with Crippen molar-refractivity contribution in [3.05, 3.63) is 53.8 Å². The number of halogens is 1. The summed E-state index contributed by atoms with van der Waals surface area (Å²) in [5, 5.41) is 0. The molecule has 18 heavy (non-hydrogen) atoms. The number of para-hydroxylation sites is 2. The van der Waals surface area contributed by atoms with E-state index in [1.807, 2.05) is 0 Å². The molecule has 0 aromatic heterocycles. The number of primary amides is 1. The Balaban J connectivity index is 2.44. The number of carbonyl (C=O) groups is 1. The van der Waals surface area contributed by atoms with Crippen LogP contribution < -0.4 is 16.2 Å². The molecule has 0 spiro atoms. The van der Waals surface area contributed by atoms with E-state index >= 15 is 0 Å². The van der Waals surface area contributed by atoms with Crippen molar-refractivity contribution in [1.82, 2.24) is 0 Å². The summed E-state index contributed by atoms with van der Waals surface area (Å²) in [6, 6.07) is 10.7. The molecular weight excluding hydrogens is 235 g/mol. The van der Waals surface area contributed by atoms with Gasteiger partial charge in [-0.15, -0.1) is 0 Å². The lowest BCUT2D eigenvalue weighted by atomic mass is 10.2. The van der Waals surface area contributed by atoms with Crippen LogP contribution in [0.25, 0.3) is 0 Å². The van der Waals surface area contributed by atoms with Gasteiger partial charge in [-0.05, 0) is 24.3 Å². The summed E-state index contributed by atoms with van der Waals surface area (Å²) in [4.78, 5) is 11.2. The normalized spacial score (nSPS) is 10.1. The predicted molar refractivity (Wildman–Crippen MR) is 65.8 cm³/mol. The lowest BCUT2D eigenvalue weighted by Gasteiger charge is -2.11. The standard InChI is InChI=1S/C13H11FN2O2/c14-8-4-3-7-11(12(8)13(16)17)18-10-6-2-1-5-9(10)15/h1-7H,15H2,(H2,16,17). The number of hydrogen-bond donors (Lipinski definition) is 2. The van der Waals surface area contributed by atoms with Crippen LogP contribution in [0.15, 0.2) is 42.5 Å². The third-order valence-corrected chi connectivity index (χ3v) is 2.36. The van der Waals surface area contributed by atoms with Crippen molar-refractivity contribution >= 4 is 11.6 Å². The Bertz CT molecular complexity index is 599. The van der Waals surface area contributed by atoms with E-state index < -0.39 is 11.7 Å². The first kappa shape index (κ1) is 11.9. The Morgan fingerprint density at radius 3 is 2.39 bits per heavy atom. The minimum absolute atomic E-state index is 0.0420. The Hall–Kier alpha value is -2.56. The second-order valence-corrected chi connectivity index (χ2v) is 3.62. The average molecular weight is 246 g/mol. The first-order chi connectivity index (χ1) is 8.59. The molecule has 0 aliphatic rings. The quantitative estimate of drug-likeness (QED) is 0.815. The Kier molecular flexibility index (Phi) is 3.14. The van der Waals surface area contributed by atoms with Crippen LogP contribution >= 0.6 is 0 Å². The molecule has 0 aliphatic heterocycles. The number of benzene rings is 2. The van der Waals surface area contributed by atoms with Crippen LogP contribution in [0.3, 0.4) is 0 Å². The average Bonchev–Trinajstić information content (AvgIpc) is 2.31. The highest BCUT2D eigenvalue weighted by atomic mass is 19.1. The molecule has 0 aliphatic carbocycles. The first-order valence-corrected chi connectivity index (χ1v) is 5.20. The van der Waals surface area contributed by atoms with Gasteiger partial charge in [0.15, 0.2) is 0 Å². The van der Waals surface area contributed by atoms with Crippen molar-refractivity contribution < 1.29 is 13.9 Å². The Labute approximate surface area is 103 Å². The van der Waals surface area contributed by atoms with Crippen molar-refractivity contribution in [3.63, 3.8) is 0 Å². The van der Waals surface area contributed by atoms with Crippen LogP contribution in [0.2, 0.25) is 0 Å². The minimum Gasteiger partial charge on any atom is -0.454 e. The molecule has 0 radical (unpaired) electrons. The largest absolute Gasteiger partial charge is 0.454 e. The summed E-state index contributed by atoms with van der Waals surface area (Å²) < 4.78 is 18.9. The van der Waals surface area contributed by atoms with E-state index in [2.05, 4.69) is 0 Å². The van der Waals surface area contributed by atoms with Gasteiger partial charge in [-0.2, -0.15) is 0 Å². The van der Waals surface area contributed by atoms with Gasteiger partial charge < -0.3 is 16.2 Å². The molecule has 2 rings (SSSR count). The third kappa shape index (κ3) is 2.24. The van der Waals surface area contributed by atoms with E-state index in [1.165, 1.54) is 12.1 Å². The number of nitrogen functional groups attached to an aromatic ring is 1. The lowest BCUT2D eigenvalue weighted by Crippen LogP contribution is -2.14. The smallest absolute Gasteiger partial charge is 0.255 e. The fourth-order valence-corrected chi connectivity index (χ4v) is 1.52. The summed E-state index contributed by atoms with van der Waals surface area (Å²) in [6.45, 7) is 0. The van der Waals surface area contributed by atoms with Crippen molar-refractivity contribution in [1.29, 1.82) is 0 Å². The van der Waals surface area contributed by atoms with Gasteiger partial charge in [-0.3, -0.25) is 4.79 Å². The molecular formula is C13H11FN2O2. The molecule has 0 bridgehead atoms. The molecule has 2 aromatic carbocycles. The number of hydrogen-bond acceptors (Lipinski definition) is 3. The zero-order valence-electron chi connectivity index (χ0n) is 9.39. The van der Waals surface area contributed by atoms with Gasteiger partial charge >= 0.3 is 0 Å². The molecule has 4 nitrogen and oxygen atoms in total. The molecule has 4 N–H and O–H groups in total. The maximum atomic E-state index is 13.5. The van der Waals surface area contributed by atoms with Crippen molar-refractivity contribution in [3.8, 4) is 11.5 Å². The summed E-state index contributed by atoms with van der Waals surface area (Å²) in [6.07, 6.45) is 0. The number of anilines is 1. The van der Waals surface area contributed by atoms with Crippen LogP contribution in [0.5, 0.6) is 11.5 Å². The summed E-state index contributed by atoms with van der Waals surface area (Å²) in [5.74, 6) is -1.24. The maximum absolute atomic E-state index is 13.5. The van der Waals surface area contributed by atoms with E-state index in [1.54, 1.807) is 24.3 Å². The van der Waals surface area contributed by atoms with Gasteiger partial charge in [0.25, 0.3) is 5.91 Å². The molecule has 0 saturated heterocycles. The number of carbonyl (C=O) groups excluding carboxylic acids is 1. The van der Waals surface area contributed by atoms with Gasteiger partial charge in [-0.1, -0.05) is 18.2 Å². The van der Waals surface area contributed by atoms with E-state index in [0.29, 0.717) is 11.4 Å². The Morgan fingerprint density at radius 1 is 1.06 bits per heavy atom. The number of nitrogens with two attached hydrogens (primary N) is 2. The molecule has 92 valence electrons. The van der Waals surface area contributed by atoms with Crippen molar-refractivity contribution in [2.24, 2.45) is 5.73 Å². The number of amides is 1. The van der Waals surface area contributed by atoms with E-state index in [-0.39, 0.29) is 11.3 Å². The maximum Gasteiger partial charge on any atom is 0.255 e. The van der Waals surface area contributed by atoms with Gasteiger partial charge in [0.2, 0.25) is 0 Å². The van der Waals surface area contributed by atoms with Crippen LogP contribution in [0.4, 0.5) is 10.1 Å². The third-order valence-electron chi connectivity index (χ3n) is 2.36. The predicted octanol–water partition coefficient (Wildman–Crippen LogP) is 2.30. The minimum atomic E-state index is -0.891. The highest BCUT2D eigenvalue weighted by molar-refractivity contribution is 5.96. The fourth-order valence-electron chi connectivity index (χ4n) is 1.52. The highest BCUT2D eigenvalue weighted by Crippen LogP contribution is 2.30. The van der Waals surface area contributed by atoms with Crippen LogP contribution in [-0.2, 0) is 0 Å². The molecule has 2 aromatic rings. The molecule has 0 unspecified atom stereocenters. The zero-order valence-corrected chi connectivity index (χ0v) is 9.39. The zero-order chi connectivity index (χ0) is 13.1. The molecule has 5 heteroatoms.